The average molecular weight is 250 g/mol. The second-order valence-corrected chi connectivity index (χ2v) is 4.66. The summed E-state index contributed by atoms with van der Waals surface area (Å²) in [5, 5.41) is 11.7. The molecule has 18 heavy (non-hydrogen) atoms. The summed E-state index contributed by atoms with van der Waals surface area (Å²) >= 11 is 0. The second kappa shape index (κ2) is 5.20. The minimum atomic E-state index is -0.900. The monoisotopic (exact) mass is 250 g/mol. The third-order valence-electron chi connectivity index (χ3n) is 3.37. The predicted molar refractivity (Wildman–Crippen MR) is 68.8 cm³/mol. The Morgan fingerprint density at radius 1 is 1.56 bits per heavy atom. The van der Waals surface area contributed by atoms with E-state index in [-0.39, 0.29) is 0 Å². The minimum Gasteiger partial charge on any atom is -0.480 e. The van der Waals surface area contributed by atoms with Gasteiger partial charge in [0.15, 0.2) is 0 Å². The quantitative estimate of drug-likeness (QED) is 0.821. The van der Waals surface area contributed by atoms with E-state index in [1.54, 1.807) is 13.0 Å². The van der Waals surface area contributed by atoms with Gasteiger partial charge in [-0.2, -0.15) is 0 Å². The summed E-state index contributed by atoms with van der Waals surface area (Å²) in [5.41, 5.74) is 0. The summed E-state index contributed by atoms with van der Waals surface area (Å²) < 4.78 is 0. The molecule has 1 aromatic heterocycles. The maximum atomic E-state index is 10.8. The number of carboxylic acid groups (broad SMARTS) is 1. The van der Waals surface area contributed by atoms with Crippen molar-refractivity contribution in [3.8, 4) is 0 Å². The summed E-state index contributed by atoms with van der Waals surface area (Å²) in [4.78, 5) is 21.2. The molecule has 2 rings (SSSR count). The van der Waals surface area contributed by atoms with Crippen molar-refractivity contribution in [2.24, 2.45) is 0 Å². The van der Waals surface area contributed by atoms with E-state index in [1.165, 1.54) is 25.6 Å². The van der Waals surface area contributed by atoms with E-state index in [1.807, 2.05) is 7.05 Å². The molecule has 1 atom stereocenters. The van der Waals surface area contributed by atoms with Crippen LogP contribution >= 0.6 is 0 Å². The Morgan fingerprint density at radius 2 is 2.28 bits per heavy atom. The molecular weight excluding hydrogens is 232 g/mol. The average Bonchev–Trinajstić information content (AvgIpc) is 2.26. The van der Waals surface area contributed by atoms with Gasteiger partial charge in [-0.25, -0.2) is 9.97 Å². The molecule has 6 heteroatoms. The van der Waals surface area contributed by atoms with Gasteiger partial charge in [-0.05, 0) is 26.2 Å². The first kappa shape index (κ1) is 12.6. The Balaban J connectivity index is 2.06. The standard InChI is InChI=1S/C12H18N4O2/c1-8(12(17)18)15-10-6-11(14-7-13-10)16(2)9-4-3-5-9/h6-9H,3-5H2,1-2H3,(H,17,18)(H,13,14,15). The lowest BCUT2D eigenvalue weighted by molar-refractivity contribution is -0.137. The van der Waals surface area contributed by atoms with Crippen LogP contribution in [0.15, 0.2) is 12.4 Å². The number of carboxylic acids is 1. The van der Waals surface area contributed by atoms with Gasteiger partial charge in [-0.1, -0.05) is 0 Å². The minimum absolute atomic E-state index is 0.543. The summed E-state index contributed by atoms with van der Waals surface area (Å²) in [6.07, 6.45) is 5.10. The molecule has 0 bridgehead atoms. The number of nitrogens with one attached hydrogen (secondary N) is 1. The number of rotatable bonds is 5. The van der Waals surface area contributed by atoms with E-state index in [0.29, 0.717) is 11.9 Å². The van der Waals surface area contributed by atoms with Crippen LogP contribution in [-0.2, 0) is 4.79 Å². The fourth-order valence-corrected chi connectivity index (χ4v) is 1.86. The molecule has 0 spiro atoms. The largest absolute Gasteiger partial charge is 0.480 e. The first-order valence-corrected chi connectivity index (χ1v) is 6.12. The SMILES string of the molecule is CC(Nc1cc(N(C)C2CCC2)ncn1)C(=O)O. The molecule has 0 amide bonds. The highest BCUT2D eigenvalue weighted by Crippen LogP contribution is 2.27. The Morgan fingerprint density at radius 3 is 2.83 bits per heavy atom. The maximum Gasteiger partial charge on any atom is 0.325 e. The van der Waals surface area contributed by atoms with Gasteiger partial charge < -0.3 is 15.3 Å². The summed E-state index contributed by atoms with van der Waals surface area (Å²) in [5.74, 6) is 0.471. The lowest BCUT2D eigenvalue weighted by atomic mass is 9.92. The third-order valence-corrected chi connectivity index (χ3v) is 3.37. The molecule has 0 saturated heterocycles. The van der Waals surface area contributed by atoms with Crippen molar-refractivity contribution in [1.82, 2.24) is 9.97 Å². The smallest absolute Gasteiger partial charge is 0.325 e. The number of anilines is 2. The van der Waals surface area contributed by atoms with E-state index in [2.05, 4.69) is 20.2 Å². The maximum absolute atomic E-state index is 10.8. The van der Waals surface area contributed by atoms with Crippen LogP contribution in [0.4, 0.5) is 11.6 Å². The molecule has 2 N–H and O–H groups in total. The van der Waals surface area contributed by atoms with E-state index >= 15 is 0 Å². The van der Waals surface area contributed by atoms with Gasteiger partial charge in [-0.15, -0.1) is 0 Å². The molecule has 1 aromatic rings. The lowest BCUT2D eigenvalue weighted by Crippen LogP contribution is -2.37. The summed E-state index contributed by atoms with van der Waals surface area (Å²) in [6, 6.07) is 1.67. The van der Waals surface area contributed by atoms with Crippen molar-refractivity contribution in [2.45, 2.75) is 38.3 Å². The molecule has 0 aliphatic heterocycles. The Kier molecular flexibility index (Phi) is 3.64. The van der Waals surface area contributed by atoms with Gasteiger partial charge in [0.1, 0.15) is 24.0 Å². The first-order valence-electron chi connectivity index (χ1n) is 6.12. The van der Waals surface area contributed by atoms with Crippen molar-refractivity contribution in [1.29, 1.82) is 0 Å². The molecule has 0 radical (unpaired) electrons. The molecule has 0 aromatic carbocycles. The number of hydrogen-bond donors (Lipinski definition) is 2. The van der Waals surface area contributed by atoms with E-state index in [4.69, 9.17) is 5.11 Å². The van der Waals surface area contributed by atoms with Gasteiger partial charge in [0.05, 0.1) is 0 Å². The predicted octanol–water partition coefficient (Wildman–Crippen LogP) is 1.35. The second-order valence-electron chi connectivity index (χ2n) is 4.66. The van der Waals surface area contributed by atoms with E-state index in [0.717, 1.165) is 5.82 Å². The zero-order valence-electron chi connectivity index (χ0n) is 10.6. The van der Waals surface area contributed by atoms with Gasteiger partial charge in [0.2, 0.25) is 0 Å². The van der Waals surface area contributed by atoms with E-state index in [9.17, 15) is 4.79 Å². The highest BCUT2D eigenvalue weighted by molar-refractivity contribution is 5.76. The van der Waals surface area contributed by atoms with Gasteiger partial charge in [-0.3, -0.25) is 4.79 Å². The zero-order valence-corrected chi connectivity index (χ0v) is 10.6. The third kappa shape index (κ3) is 2.69. The zero-order chi connectivity index (χ0) is 13.1. The molecule has 6 nitrogen and oxygen atoms in total. The van der Waals surface area contributed by atoms with Crippen LogP contribution in [-0.4, -0.2) is 40.2 Å². The fourth-order valence-electron chi connectivity index (χ4n) is 1.86. The van der Waals surface area contributed by atoms with Crippen molar-refractivity contribution in [2.75, 3.05) is 17.3 Å². The molecule has 1 saturated carbocycles. The summed E-state index contributed by atoms with van der Waals surface area (Å²) in [6.45, 7) is 1.58. The molecule has 1 fully saturated rings. The van der Waals surface area contributed by atoms with Gasteiger partial charge >= 0.3 is 5.97 Å². The fraction of sp³-hybridized carbons (Fsp3) is 0.583. The number of hydrogen-bond acceptors (Lipinski definition) is 5. The molecule has 98 valence electrons. The van der Waals surface area contributed by atoms with Crippen LogP contribution in [0.2, 0.25) is 0 Å². The number of nitrogens with zero attached hydrogens (tertiary/aromatic N) is 3. The van der Waals surface area contributed by atoms with Crippen molar-refractivity contribution in [3.63, 3.8) is 0 Å². The Bertz CT molecular complexity index is 434. The Labute approximate surface area is 106 Å². The number of aromatic nitrogens is 2. The van der Waals surface area contributed by atoms with Crippen molar-refractivity contribution in [3.05, 3.63) is 12.4 Å². The highest BCUT2D eigenvalue weighted by Gasteiger charge is 2.23. The number of aliphatic carboxylic acids is 1. The molecular formula is C12H18N4O2. The topological polar surface area (TPSA) is 78.3 Å². The van der Waals surface area contributed by atoms with Crippen LogP contribution in [0, 0.1) is 0 Å². The molecule has 1 heterocycles. The van der Waals surface area contributed by atoms with Gasteiger partial charge in [0, 0.05) is 19.2 Å². The molecule has 1 aliphatic rings. The normalized spacial score (nSPS) is 16.8. The molecule has 1 aliphatic carbocycles. The van der Waals surface area contributed by atoms with Crippen LogP contribution in [0.25, 0.3) is 0 Å². The highest BCUT2D eigenvalue weighted by atomic mass is 16.4. The molecule has 1 unspecified atom stereocenters. The van der Waals surface area contributed by atoms with E-state index < -0.39 is 12.0 Å². The van der Waals surface area contributed by atoms with Gasteiger partial charge in [0.25, 0.3) is 0 Å². The lowest BCUT2D eigenvalue weighted by Gasteiger charge is -2.35. The van der Waals surface area contributed by atoms with Crippen LogP contribution in [0.5, 0.6) is 0 Å². The first-order chi connectivity index (χ1) is 8.58. The summed E-state index contributed by atoms with van der Waals surface area (Å²) in [7, 11) is 2.01. The van der Waals surface area contributed by atoms with Crippen molar-refractivity contribution >= 4 is 17.6 Å². The van der Waals surface area contributed by atoms with Crippen LogP contribution < -0.4 is 10.2 Å². The van der Waals surface area contributed by atoms with Crippen LogP contribution in [0.1, 0.15) is 26.2 Å². The number of carbonyl (C=O) groups is 1. The van der Waals surface area contributed by atoms with Crippen LogP contribution in [0.3, 0.4) is 0 Å². The Hall–Kier alpha value is -1.85. The van der Waals surface area contributed by atoms with Crippen molar-refractivity contribution < 1.29 is 9.90 Å².